The number of pyridine rings is 1. The van der Waals surface area contributed by atoms with Crippen LogP contribution in [0.25, 0.3) is 0 Å². The summed E-state index contributed by atoms with van der Waals surface area (Å²) < 4.78 is 5.23. The van der Waals surface area contributed by atoms with Crippen LogP contribution in [0.2, 0.25) is 0 Å². The Balaban J connectivity index is 1.92. The van der Waals surface area contributed by atoms with Gasteiger partial charge in [0.1, 0.15) is 5.75 Å². The number of benzene rings is 1. The molecule has 0 aliphatic carbocycles. The molecule has 1 amide bonds. The molecule has 2 aromatic rings. The SMILES string of the molecule is Cc1cc(NC(=O)COc2cccc([N+](=O)[O-])c2)ccn1. The van der Waals surface area contributed by atoms with E-state index in [-0.39, 0.29) is 24.0 Å². The van der Waals surface area contributed by atoms with Crippen LogP contribution >= 0.6 is 0 Å². The second-order valence-electron chi connectivity index (χ2n) is 4.28. The molecule has 0 radical (unpaired) electrons. The van der Waals surface area contributed by atoms with Crippen LogP contribution < -0.4 is 10.1 Å². The van der Waals surface area contributed by atoms with E-state index in [0.29, 0.717) is 5.69 Å². The number of ether oxygens (including phenoxy) is 1. The van der Waals surface area contributed by atoms with E-state index in [0.717, 1.165) is 5.69 Å². The van der Waals surface area contributed by atoms with Crippen LogP contribution in [0.4, 0.5) is 11.4 Å². The number of carbonyl (C=O) groups excluding carboxylic acids is 1. The first kappa shape index (κ1) is 14.4. The number of anilines is 1. The number of hydrogen-bond acceptors (Lipinski definition) is 5. The van der Waals surface area contributed by atoms with Crippen LogP contribution in [0, 0.1) is 17.0 Å². The molecule has 0 saturated heterocycles. The summed E-state index contributed by atoms with van der Waals surface area (Å²) >= 11 is 0. The quantitative estimate of drug-likeness (QED) is 0.672. The van der Waals surface area contributed by atoms with Gasteiger partial charge < -0.3 is 10.1 Å². The molecule has 0 unspecified atom stereocenters. The molecular weight excluding hydrogens is 274 g/mol. The van der Waals surface area contributed by atoms with Crippen molar-refractivity contribution in [1.82, 2.24) is 4.98 Å². The molecule has 7 heteroatoms. The Morgan fingerprint density at radius 1 is 1.38 bits per heavy atom. The summed E-state index contributed by atoms with van der Waals surface area (Å²) in [6.07, 6.45) is 1.59. The highest BCUT2D eigenvalue weighted by molar-refractivity contribution is 5.91. The Morgan fingerprint density at radius 2 is 2.19 bits per heavy atom. The molecule has 108 valence electrons. The minimum atomic E-state index is -0.521. The van der Waals surface area contributed by atoms with E-state index in [2.05, 4.69) is 10.3 Å². The van der Waals surface area contributed by atoms with Gasteiger partial charge in [0.25, 0.3) is 11.6 Å². The highest BCUT2D eigenvalue weighted by Crippen LogP contribution is 2.19. The first-order valence-electron chi connectivity index (χ1n) is 6.14. The lowest BCUT2D eigenvalue weighted by Crippen LogP contribution is -2.20. The topological polar surface area (TPSA) is 94.4 Å². The van der Waals surface area contributed by atoms with E-state index in [4.69, 9.17) is 4.74 Å². The Hall–Kier alpha value is -2.96. The van der Waals surface area contributed by atoms with Gasteiger partial charge in [-0.3, -0.25) is 19.9 Å². The lowest BCUT2D eigenvalue weighted by atomic mass is 10.3. The number of amides is 1. The van der Waals surface area contributed by atoms with E-state index in [1.165, 1.54) is 18.2 Å². The molecule has 1 N–H and O–H groups in total. The minimum Gasteiger partial charge on any atom is -0.484 e. The third kappa shape index (κ3) is 4.27. The van der Waals surface area contributed by atoms with Gasteiger partial charge in [-0.25, -0.2) is 0 Å². The molecule has 0 saturated carbocycles. The summed E-state index contributed by atoms with van der Waals surface area (Å²) in [4.78, 5) is 25.9. The van der Waals surface area contributed by atoms with Crippen molar-refractivity contribution in [3.8, 4) is 5.75 Å². The fourth-order valence-corrected chi connectivity index (χ4v) is 1.66. The smallest absolute Gasteiger partial charge is 0.273 e. The number of nitro benzene ring substituents is 1. The van der Waals surface area contributed by atoms with Gasteiger partial charge in [-0.15, -0.1) is 0 Å². The lowest BCUT2D eigenvalue weighted by Gasteiger charge is -2.07. The first-order chi connectivity index (χ1) is 10.0. The second kappa shape index (κ2) is 6.47. The molecule has 1 heterocycles. The average Bonchev–Trinajstić information content (AvgIpc) is 2.45. The molecule has 0 spiro atoms. The normalized spacial score (nSPS) is 9.95. The van der Waals surface area contributed by atoms with Crippen molar-refractivity contribution in [2.24, 2.45) is 0 Å². The third-order valence-corrected chi connectivity index (χ3v) is 2.58. The van der Waals surface area contributed by atoms with Crippen molar-refractivity contribution in [2.75, 3.05) is 11.9 Å². The van der Waals surface area contributed by atoms with Crippen molar-refractivity contribution >= 4 is 17.3 Å². The van der Waals surface area contributed by atoms with Gasteiger partial charge in [0.05, 0.1) is 11.0 Å². The zero-order valence-electron chi connectivity index (χ0n) is 11.3. The molecular formula is C14H13N3O4. The van der Waals surface area contributed by atoms with Crippen molar-refractivity contribution in [3.63, 3.8) is 0 Å². The van der Waals surface area contributed by atoms with E-state index >= 15 is 0 Å². The van der Waals surface area contributed by atoms with Crippen LogP contribution in [0.1, 0.15) is 5.69 Å². The molecule has 0 atom stereocenters. The van der Waals surface area contributed by atoms with Crippen LogP contribution in [0.15, 0.2) is 42.6 Å². The monoisotopic (exact) mass is 287 g/mol. The average molecular weight is 287 g/mol. The fraction of sp³-hybridized carbons (Fsp3) is 0.143. The van der Waals surface area contributed by atoms with E-state index in [1.54, 1.807) is 24.4 Å². The molecule has 2 rings (SSSR count). The van der Waals surface area contributed by atoms with Crippen LogP contribution in [0.3, 0.4) is 0 Å². The summed E-state index contributed by atoms with van der Waals surface area (Å²) in [5.41, 5.74) is 1.32. The van der Waals surface area contributed by atoms with Crippen molar-refractivity contribution < 1.29 is 14.5 Å². The number of aryl methyl sites for hydroxylation is 1. The molecule has 0 aliphatic heterocycles. The van der Waals surface area contributed by atoms with Gasteiger partial charge in [-0.2, -0.15) is 0 Å². The fourth-order valence-electron chi connectivity index (χ4n) is 1.66. The number of nitrogens with zero attached hydrogens (tertiary/aromatic N) is 2. The van der Waals surface area contributed by atoms with E-state index < -0.39 is 4.92 Å². The number of nitrogens with one attached hydrogen (secondary N) is 1. The number of nitro groups is 1. The maximum Gasteiger partial charge on any atom is 0.273 e. The predicted octanol–water partition coefficient (Wildman–Crippen LogP) is 2.32. The Morgan fingerprint density at radius 3 is 2.90 bits per heavy atom. The zero-order valence-corrected chi connectivity index (χ0v) is 11.3. The molecule has 1 aromatic heterocycles. The summed E-state index contributed by atoms with van der Waals surface area (Å²) in [7, 11) is 0. The zero-order chi connectivity index (χ0) is 15.2. The third-order valence-electron chi connectivity index (χ3n) is 2.58. The van der Waals surface area contributed by atoms with Gasteiger partial charge in [0.2, 0.25) is 0 Å². The summed E-state index contributed by atoms with van der Waals surface area (Å²) in [6.45, 7) is 1.58. The van der Waals surface area contributed by atoms with Gasteiger partial charge in [-0.1, -0.05) is 6.07 Å². The van der Waals surface area contributed by atoms with E-state index in [9.17, 15) is 14.9 Å². The minimum absolute atomic E-state index is 0.0855. The number of aromatic nitrogens is 1. The maximum atomic E-state index is 11.7. The molecule has 0 aliphatic rings. The predicted molar refractivity (Wildman–Crippen MR) is 76.2 cm³/mol. The van der Waals surface area contributed by atoms with Crippen molar-refractivity contribution in [3.05, 3.63) is 58.4 Å². The number of rotatable bonds is 5. The van der Waals surface area contributed by atoms with Crippen LogP contribution in [-0.2, 0) is 4.79 Å². The van der Waals surface area contributed by atoms with Gasteiger partial charge in [0.15, 0.2) is 6.61 Å². The number of hydrogen-bond donors (Lipinski definition) is 1. The molecule has 0 bridgehead atoms. The summed E-state index contributed by atoms with van der Waals surface area (Å²) in [5, 5.41) is 13.3. The van der Waals surface area contributed by atoms with Crippen molar-refractivity contribution in [1.29, 1.82) is 0 Å². The van der Waals surface area contributed by atoms with Crippen LogP contribution in [0.5, 0.6) is 5.75 Å². The Kier molecular flexibility index (Phi) is 4.45. The number of carbonyl (C=O) groups is 1. The first-order valence-corrected chi connectivity index (χ1v) is 6.14. The Labute approximate surface area is 120 Å². The molecule has 21 heavy (non-hydrogen) atoms. The maximum absolute atomic E-state index is 11.7. The van der Waals surface area contributed by atoms with Crippen molar-refractivity contribution in [2.45, 2.75) is 6.92 Å². The molecule has 7 nitrogen and oxygen atoms in total. The van der Waals surface area contributed by atoms with Crippen LogP contribution in [-0.4, -0.2) is 22.4 Å². The largest absolute Gasteiger partial charge is 0.484 e. The molecule has 1 aromatic carbocycles. The summed E-state index contributed by atoms with van der Waals surface area (Å²) in [5.74, 6) is -0.0858. The summed E-state index contributed by atoms with van der Waals surface area (Å²) in [6, 6.07) is 9.06. The Bertz CT molecular complexity index is 673. The standard InChI is InChI=1S/C14H13N3O4/c1-10-7-11(5-6-15-10)16-14(18)9-21-13-4-2-3-12(8-13)17(19)20/h2-8H,9H2,1H3,(H,15,16,18). The highest BCUT2D eigenvalue weighted by Gasteiger charge is 2.08. The molecule has 0 fully saturated rings. The van der Waals surface area contributed by atoms with Gasteiger partial charge >= 0.3 is 0 Å². The van der Waals surface area contributed by atoms with E-state index in [1.807, 2.05) is 6.92 Å². The lowest BCUT2D eigenvalue weighted by molar-refractivity contribution is -0.384. The highest BCUT2D eigenvalue weighted by atomic mass is 16.6. The number of non-ortho nitro benzene ring substituents is 1. The second-order valence-corrected chi connectivity index (χ2v) is 4.28. The van der Waals surface area contributed by atoms with Gasteiger partial charge in [-0.05, 0) is 25.1 Å². The van der Waals surface area contributed by atoms with Gasteiger partial charge in [0, 0.05) is 23.6 Å².